The molecule has 0 aliphatic carbocycles. The quantitative estimate of drug-likeness (QED) is 0.364. The molecule has 3 rings (SSSR count). The Kier molecular flexibility index (Phi) is 4.53. The minimum Gasteiger partial charge on any atom is -0.384 e. The molecule has 0 aromatic heterocycles. The second-order valence-electron chi connectivity index (χ2n) is 5.66. The van der Waals surface area contributed by atoms with E-state index in [2.05, 4.69) is 10.3 Å². The van der Waals surface area contributed by atoms with E-state index in [4.69, 9.17) is 22.6 Å². The lowest BCUT2D eigenvalue weighted by atomic mass is 10.0. The summed E-state index contributed by atoms with van der Waals surface area (Å²) < 4.78 is 0. The third-order valence-corrected chi connectivity index (χ3v) is 3.83. The van der Waals surface area contributed by atoms with E-state index in [-0.39, 0.29) is 17.7 Å². The normalized spacial score (nSPS) is 10.3. The molecular weight excluding hydrogens is 328 g/mol. The Morgan fingerprint density at radius 1 is 0.923 bits per heavy atom. The SMILES string of the molecule is N=C(N)c1cccc2cccc(NC(=O)c3ccc(N=C(N)N)cc3)c12. The number of nitrogens with two attached hydrogens (primary N) is 3. The first kappa shape index (κ1) is 17.0. The molecule has 0 atom stereocenters. The maximum Gasteiger partial charge on any atom is 0.255 e. The van der Waals surface area contributed by atoms with E-state index in [1.807, 2.05) is 24.3 Å². The zero-order valence-electron chi connectivity index (χ0n) is 13.9. The van der Waals surface area contributed by atoms with E-state index in [0.717, 1.165) is 10.8 Å². The average molecular weight is 346 g/mol. The monoisotopic (exact) mass is 346 g/mol. The number of nitrogens with zero attached hydrogens (tertiary/aromatic N) is 1. The number of nitrogens with one attached hydrogen (secondary N) is 2. The summed E-state index contributed by atoms with van der Waals surface area (Å²) >= 11 is 0. The average Bonchev–Trinajstić information content (AvgIpc) is 2.61. The van der Waals surface area contributed by atoms with Gasteiger partial charge in [0.2, 0.25) is 0 Å². The molecule has 3 aromatic carbocycles. The largest absolute Gasteiger partial charge is 0.384 e. The van der Waals surface area contributed by atoms with Gasteiger partial charge in [0.25, 0.3) is 5.91 Å². The predicted molar refractivity (Wildman–Crippen MR) is 105 cm³/mol. The first-order valence-electron chi connectivity index (χ1n) is 7.83. The molecule has 1 amide bonds. The van der Waals surface area contributed by atoms with Crippen LogP contribution < -0.4 is 22.5 Å². The summed E-state index contributed by atoms with van der Waals surface area (Å²) in [6, 6.07) is 17.6. The van der Waals surface area contributed by atoms with Crippen molar-refractivity contribution in [3.63, 3.8) is 0 Å². The zero-order valence-corrected chi connectivity index (χ0v) is 13.9. The lowest BCUT2D eigenvalue weighted by molar-refractivity contribution is 0.102. The molecule has 0 bridgehead atoms. The Morgan fingerprint density at radius 2 is 1.58 bits per heavy atom. The van der Waals surface area contributed by atoms with Gasteiger partial charge in [-0.1, -0.05) is 30.3 Å². The van der Waals surface area contributed by atoms with Crippen molar-refractivity contribution in [3.05, 3.63) is 71.8 Å². The molecule has 0 spiro atoms. The van der Waals surface area contributed by atoms with Gasteiger partial charge in [-0.25, -0.2) is 4.99 Å². The van der Waals surface area contributed by atoms with Crippen molar-refractivity contribution in [1.29, 1.82) is 5.41 Å². The first-order chi connectivity index (χ1) is 12.5. The molecule has 3 aromatic rings. The summed E-state index contributed by atoms with van der Waals surface area (Å²) in [4.78, 5) is 16.5. The van der Waals surface area contributed by atoms with E-state index in [9.17, 15) is 4.79 Å². The highest BCUT2D eigenvalue weighted by Crippen LogP contribution is 2.27. The van der Waals surface area contributed by atoms with Gasteiger partial charge in [-0.15, -0.1) is 0 Å². The van der Waals surface area contributed by atoms with E-state index in [1.54, 1.807) is 36.4 Å². The number of nitrogen functional groups attached to an aromatic ring is 1. The van der Waals surface area contributed by atoms with Crippen molar-refractivity contribution in [2.75, 3.05) is 5.32 Å². The molecule has 26 heavy (non-hydrogen) atoms. The molecule has 0 radical (unpaired) electrons. The fourth-order valence-electron chi connectivity index (χ4n) is 2.70. The molecular formula is C19H18N6O. The Morgan fingerprint density at radius 3 is 2.19 bits per heavy atom. The molecule has 0 aliphatic rings. The van der Waals surface area contributed by atoms with Crippen LogP contribution in [0.4, 0.5) is 11.4 Å². The Labute approximate surface area is 150 Å². The van der Waals surface area contributed by atoms with E-state index < -0.39 is 0 Å². The second kappa shape index (κ2) is 6.94. The molecule has 0 heterocycles. The summed E-state index contributed by atoms with van der Waals surface area (Å²) in [6.07, 6.45) is 0. The van der Waals surface area contributed by atoms with Gasteiger partial charge in [-0.3, -0.25) is 10.2 Å². The fraction of sp³-hybridized carbons (Fsp3) is 0. The van der Waals surface area contributed by atoms with Crippen LogP contribution in [0.5, 0.6) is 0 Å². The van der Waals surface area contributed by atoms with Crippen LogP contribution in [0.2, 0.25) is 0 Å². The smallest absolute Gasteiger partial charge is 0.255 e. The summed E-state index contributed by atoms with van der Waals surface area (Å²) in [7, 11) is 0. The fourth-order valence-corrected chi connectivity index (χ4v) is 2.70. The number of aliphatic imine (C=N–C) groups is 1. The molecule has 7 heteroatoms. The van der Waals surface area contributed by atoms with Gasteiger partial charge in [0.1, 0.15) is 5.84 Å². The van der Waals surface area contributed by atoms with Gasteiger partial charge in [-0.2, -0.15) is 0 Å². The Bertz CT molecular complexity index is 1010. The summed E-state index contributed by atoms with van der Waals surface area (Å²) in [5, 5.41) is 12.3. The highest BCUT2D eigenvalue weighted by molar-refractivity contribution is 6.16. The van der Waals surface area contributed by atoms with Crippen molar-refractivity contribution in [2.24, 2.45) is 22.2 Å². The molecule has 0 aliphatic heterocycles. The van der Waals surface area contributed by atoms with E-state index in [1.165, 1.54) is 0 Å². The highest BCUT2D eigenvalue weighted by atomic mass is 16.1. The third kappa shape index (κ3) is 3.46. The zero-order chi connectivity index (χ0) is 18.7. The Hall–Kier alpha value is -3.87. The van der Waals surface area contributed by atoms with E-state index in [0.29, 0.717) is 22.5 Å². The minimum atomic E-state index is -0.285. The molecule has 0 fully saturated rings. The van der Waals surface area contributed by atoms with Gasteiger partial charge in [0.05, 0.1) is 5.69 Å². The standard InChI is InChI=1S/C19H18N6O/c20-17(21)14-5-1-3-11-4-2-6-15(16(11)14)25-18(26)12-7-9-13(10-8-12)24-19(22)23/h1-10H,(H3,20,21)(H,25,26)(H4,22,23,24). The van der Waals surface area contributed by atoms with Crippen molar-refractivity contribution in [2.45, 2.75) is 0 Å². The van der Waals surface area contributed by atoms with Crippen LogP contribution in [0.3, 0.4) is 0 Å². The number of fused-ring (bicyclic) bond motifs is 1. The topological polar surface area (TPSA) is 143 Å². The summed E-state index contributed by atoms with van der Waals surface area (Å²) in [5.74, 6) is -0.388. The molecule has 8 N–H and O–H groups in total. The summed E-state index contributed by atoms with van der Waals surface area (Å²) in [6.45, 7) is 0. The minimum absolute atomic E-state index is 0.0466. The molecule has 0 unspecified atom stereocenters. The van der Waals surface area contributed by atoms with Gasteiger partial charge in [0.15, 0.2) is 5.96 Å². The van der Waals surface area contributed by atoms with Gasteiger partial charge in [-0.05, 0) is 35.7 Å². The van der Waals surface area contributed by atoms with E-state index >= 15 is 0 Å². The number of carbonyl (C=O) groups is 1. The van der Waals surface area contributed by atoms with Crippen LogP contribution in [-0.4, -0.2) is 17.7 Å². The van der Waals surface area contributed by atoms with Crippen LogP contribution >= 0.6 is 0 Å². The van der Waals surface area contributed by atoms with Gasteiger partial charge < -0.3 is 22.5 Å². The number of hydrogen-bond donors (Lipinski definition) is 5. The van der Waals surface area contributed by atoms with Gasteiger partial charge in [0, 0.05) is 22.2 Å². The number of amidine groups is 1. The Balaban J connectivity index is 1.95. The van der Waals surface area contributed by atoms with Crippen LogP contribution in [0.15, 0.2) is 65.7 Å². The lowest BCUT2D eigenvalue weighted by Gasteiger charge is -2.12. The van der Waals surface area contributed by atoms with Crippen molar-refractivity contribution < 1.29 is 4.79 Å². The predicted octanol–water partition coefficient (Wildman–Crippen LogP) is 2.28. The maximum absolute atomic E-state index is 12.6. The molecule has 0 saturated carbocycles. The number of benzene rings is 3. The van der Waals surface area contributed by atoms with Crippen LogP contribution in [0.1, 0.15) is 15.9 Å². The number of hydrogen-bond acceptors (Lipinski definition) is 3. The molecule has 130 valence electrons. The number of amides is 1. The molecule has 0 saturated heterocycles. The second-order valence-corrected chi connectivity index (χ2v) is 5.66. The molecule has 7 nitrogen and oxygen atoms in total. The van der Waals surface area contributed by atoms with Crippen molar-refractivity contribution in [1.82, 2.24) is 0 Å². The summed E-state index contributed by atoms with van der Waals surface area (Å²) in [5.41, 5.74) is 18.5. The first-order valence-corrected chi connectivity index (χ1v) is 7.83. The number of guanidine groups is 1. The maximum atomic E-state index is 12.6. The van der Waals surface area contributed by atoms with Crippen molar-refractivity contribution >= 4 is 39.8 Å². The van der Waals surface area contributed by atoms with Crippen molar-refractivity contribution in [3.8, 4) is 0 Å². The van der Waals surface area contributed by atoms with Crippen LogP contribution in [-0.2, 0) is 0 Å². The van der Waals surface area contributed by atoms with Gasteiger partial charge >= 0.3 is 0 Å². The third-order valence-electron chi connectivity index (χ3n) is 3.83. The van der Waals surface area contributed by atoms with Crippen LogP contribution in [0, 0.1) is 5.41 Å². The lowest BCUT2D eigenvalue weighted by Crippen LogP contribution is -2.21. The van der Waals surface area contributed by atoms with Crippen LogP contribution in [0.25, 0.3) is 10.8 Å². The highest BCUT2D eigenvalue weighted by Gasteiger charge is 2.12. The number of rotatable bonds is 4. The number of carbonyl (C=O) groups excluding carboxylic acids is 1. The number of anilines is 1.